The first-order valence-corrected chi connectivity index (χ1v) is 5.05. The van der Waals surface area contributed by atoms with Crippen LogP contribution in [0.25, 0.3) is 0 Å². The van der Waals surface area contributed by atoms with E-state index < -0.39 is 18.9 Å². The summed E-state index contributed by atoms with van der Waals surface area (Å²) in [7, 11) is 0. The van der Waals surface area contributed by atoms with Gasteiger partial charge in [-0.05, 0) is 12.1 Å². The minimum absolute atomic E-state index is 0.0560. The number of carbonyl (C=O) groups excluding carboxylic acids is 1. The van der Waals surface area contributed by atoms with E-state index in [4.69, 9.17) is 15.3 Å². The lowest BCUT2D eigenvalue weighted by Crippen LogP contribution is -2.37. The second-order valence-corrected chi connectivity index (χ2v) is 3.34. The number of amides is 1. The maximum Gasteiger partial charge on any atom is 0.289 e. The van der Waals surface area contributed by atoms with Crippen LogP contribution in [0.15, 0.2) is 16.5 Å². The van der Waals surface area contributed by atoms with E-state index >= 15 is 0 Å². The molecule has 1 aromatic heterocycles. The molecule has 17 heavy (non-hydrogen) atoms. The topological polar surface area (TPSA) is 79.7 Å². The Balaban J connectivity index is 2.75. The highest BCUT2D eigenvalue weighted by Crippen LogP contribution is 2.11. The first-order valence-electron chi connectivity index (χ1n) is 5.05. The van der Waals surface area contributed by atoms with Gasteiger partial charge in [0.15, 0.2) is 5.76 Å². The van der Waals surface area contributed by atoms with Gasteiger partial charge in [-0.15, -0.1) is 0 Å². The van der Waals surface area contributed by atoms with E-state index in [2.05, 4.69) is 0 Å². The molecule has 0 saturated carbocycles. The van der Waals surface area contributed by atoms with Gasteiger partial charge in [-0.3, -0.25) is 4.79 Å². The lowest BCUT2D eigenvalue weighted by Gasteiger charge is -2.19. The van der Waals surface area contributed by atoms with Crippen LogP contribution in [0.5, 0.6) is 0 Å². The quantitative estimate of drug-likeness (QED) is 0.765. The van der Waals surface area contributed by atoms with E-state index in [0.717, 1.165) is 4.90 Å². The van der Waals surface area contributed by atoms with Crippen molar-refractivity contribution in [3.63, 3.8) is 0 Å². The molecule has 3 N–H and O–H groups in total. The average Bonchev–Trinajstić information content (AvgIpc) is 2.75. The van der Waals surface area contributed by atoms with Crippen molar-refractivity contribution in [2.45, 2.75) is 13.0 Å². The van der Waals surface area contributed by atoms with Crippen molar-refractivity contribution in [1.29, 1.82) is 0 Å². The van der Waals surface area contributed by atoms with E-state index in [0.29, 0.717) is 5.76 Å². The molecule has 0 fully saturated rings. The van der Waals surface area contributed by atoms with Crippen LogP contribution >= 0.6 is 0 Å². The summed E-state index contributed by atoms with van der Waals surface area (Å²) in [6.45, 7) is -1.16. The van der Waals surface area contributed by atoms with Crippen LogP contribution in [0.1, 0.15) is 16.3 Å². The van der Waals surface area contributed by atoms with E-state index in [1.165, 1.54) is 12.1 Å². The maximum absolute atomic E-state index is 12.2. The van der Waals surface area contributed by atoms with E-state index in [9.17, 15) is 13.6 Å². The average molecular weight is 248 g/mol. The molecule has 5 nitrogen and oxygen atoms in total. The SMILES string of the molecule is NCc1ccc(C(=O)N(CCO)CC(F)F)o1. The van der Waals surface area contributed by atoms with Gasteiger partial charge in [0.1, 0.15) is 5.76 Å². The van der Waals surface area contributed by atoms with Crippen molar-refractivity contribution in [2.75, 3.05) is 19.7 Å². The zero-order valence-corrected chi connectivity index (χ0v) is 9.10. The molecule has 0 aliphatic heterocycles. The highest BCUT2D eigenvalue weighted by molar-refractivity contribution is 5.91. The first kappa shape index (κ1) is 13.6. The lowest BCUT2D eigenvalue weighted by atomic mass is 10.3. The fourth-order valence-corrected chi connectivity index (χ4v) is 1.32. The highest BCUT2D eigenvalue weighted by Gasteiger charge is 2.21. The van der Waals surface area contributed by atoms with Gasteiger partial charge >= 0.3 is 0 Å². The smallest absolute Gasteiger partial charge is 0.289 e. The summed E-state index contributed by atoms with van der Waals surface area (Å²) in [5.74, 6) is -0.340. The Hall–Kier alpha value is -1.47. The molecule has 0 saturated heterocycles. The molecule has 0 bridgehead atoms. The molecule has 0 aliphatic carbocycles. The van der Waals surface area contributed by atoms with E-state index in [1.54, 1.807) is 0 Å². The molecule has 0 aliphatic rings. The Morgan fingerprint density at radius 1 is 1.53 bits per heavy atom. The van der Waals surface area contributed by atoms with Crippen molar-refractivity contribution < 1.29 is 23.1 Å². The minimum Gasteiger partial charge on any atom is -0.455 e. The Labute approximate surface area is 96.8 Å². The van der Waals surface area contributed by atoms with Gasteiger partial charge in [0, 0.05) is 6.54 Å². The van der Waals surface area contributed by atoms with Gasteiger partial charge in [-0.1, -0.05) is 0 Å². The van der Waals surface area contributed by atoms with Crippen LogP contribution in [0.3, 0.4) is 0 Å². The molecule has 1 rings (SSSR count). The fraction of sp³-hybridized carbons (Fsp3) is 0.500. The monoisotopic (exact) mass is 248 g/mol. The van der Waals surface area contributed by atoms with E-state index in [-0.39, 0.29) is 25.5 Å². The van der Waals surface area contributed by atoms with Crippen LogP contribution < -0.4 is 5.73 Å². The Morgan fingerprint density at radius 3 is 2.71 bits per heavy atom. The van der Waals surface area contributed by atoms with Crippen LogP contribution in [-0.2, 0) is 6.54 Å². The largest absolute Gasteiger partial charge is 0.455 e. The van der Waals surface area contributed by atoms with Gasteiger partial charge in [0.2, 0.25) is 0 Å². The van der Waals surface area contributed by atoms with Crippen LogP contribution in [0, 0.1) is 0 Å². The summed E-state index contributed by atoms with van der Waals surface area (Å²) >= 11 is 0. The second kappa shape index (κ2) is 6.31. The van der Waals surface area contributed by atoms with Crippen molar-refractivity contribution >= 4 is 5.91 Å². The molecule has 1 heterocycles. The molecule has 0 spiro atoms. The standard InChI is InChI=1S/C10H14F2N2O3/c11-9(12)6-14(3-4-15)10(16)8-2-1-7(5-13)17-8/h1-2,9,15H,3-6,13H2. The lowest BCUT2D eigenvalue weighted by molar-refractivity contribution is 0.0482. The number of nitrogens with two attached hydrogens (primary N) is 1. The molecule has 0 aromatic carbocycles. The van der Waals surface area contributed by atoms with Crippen molar-refractivity contribution in [3.05, 3.63) is 23.7 Å². The Bertz CT molecular complexity index is 368. The van der Waals surface area contributed by atoms with Gasteiger partial charge < -0.3 is 20.2 Å². The molecule has 0 unspecified atom stereocenters. The molecule has 1 amide bonds. The van der Waals surface area contributed by atoms with Crippen molar-refractivity contribution in [1.82, 2.24) is 4.90 Å². The first-order chi connectivity index (χ1) is 8.08. The predicted molar refractivity (Wildman–Crippen MR) is 55.6 cm³/mol. The van der Waals surface area contributed by atoms with Gasteiger partial charge in [-0.25, -0.2) is 8.78 Å². The second-order valence-electron chi connectivity index (χ2n) is 3.34. The number of carbonyl (C=O) groups is 1. The normalized spacial score (nSPS) is 10.9. The zero-order valence-electron chi connectivity index (χ0n) is 9.10. The molecule has 96 valence electrons. The molecule has 7 heteroatoms. The number of nitrogens with zero attached hydrogens (tertiary/aromatic N) is 1. The third kappa shape index (κ3) is 3.79. The van der Waals surface area contributed by atoms with Crippen LogP contribution in [0.2, 0.25) is 0 Å². The number of aliphatic hydroxyl groups excluding tert-OH is 1. The van der Waals surface area contributed by atoms with Gasteiger partial charge in [0.25, 0.3) is 12.3 Å². The van der Waals surface area contributed by atoms with Crippen LogP contribution in [0.4, 0.5) is 8.78 Å². The van der Waals surface area contributed by atoms with Gasteiger partial charge in [0.05, 0.1) is 19.7 Å². The molecular weight excluding hydrogens is 234 g/mol. The summed E-state index contributed by atoms with van der Waals surface area (Å²) in [6.07, 6.45) is -2.66. The summed E-state index contributed by atoms with van der Waals surface area (Å²) in [5, 5.41) is 8.71. The number of alkyl halides is 2. The minimum atomic E-state index is -2.66. The number of hydrogen-bond acceptors (Lipinski definition) is 4. The molecular formula is C10H14F2N2O3. The number of furan rings is 1. The third-order valence-electron chi connectivity index (χ3n) is 2.09. The number of aliphatic hydroxyl groups is 1. The Kier molecular flexibility index (Phi) is 5.05. The number of hydrogen-bond donors (Lipinski definition) is 2. The molecule has 0 atom stereocenters. The fourth-order valence-electron chi connectivity index (χ4n) is 1.32. The number of halogens is 2. The van der Waals surface area contributed by atoms with Crippen LogP contribution in [-0.4, -0.2) is 42.0 Å². The van der Waals surface area contributed by atoms with E-state index in [1.807, 2.05) is 0 Å². The summed E-state index contributed by atoms with van der Waals surface area (Å²) < 4.78 is 29.5. The number of rotatable bonds is 6. The zero-order chi connectivity index (χ0) is 12.8. The summed E-state index contributed by atoms with van der Waals surface area (Å²) in [6, 6.07) is 2.88. The van der Waals surface area contributed by atoms with Crippen molar-refractivity contribution in [3.8, 4) is 0 Å². The maximum atomic E-state index is 12.2. The molecule has 0 radical (unpaired) electrons. The van der Waals surface area contributed by atoms with Gasteiger partial charge in [-0.2, -0.15) is 0 Å². The molecule has 1 aromatic rings. The third-order valence-corrected chi connectivity index (χ3v) is 2.09. The van der Waals surface area contributed by atoms with Crippen molar-refractivity contribution in [2.24, 2.45) is 5.73 Å². The predicted octanol–water partition coefficient (Wildman–Crippen LogP) is 0.438. The highest BCUT2D eigenvalue weighted by atomic mass is 19.3. The summed E-state index contributed by atoms with van der Waals surface area (Å²) in [4.78, 5) is 12.6. The summed E-state index contributed by atoms with van der Waals surface area (Å²) in [5.41, 5.74) is 5.30. The Morgan fingerprint density at radius 2 is 2.24 bits per heavy atom.